The van der Waals surface area contributed by atoms with E-state index in [2.05, 4.69) is 31.1 Å². The highest BCUT2D eigenvalue weighted by Gasteiger charge is 2.37. The van der Waals surface area contributed by atoms with E-state index in [1.54, 1.807) is 6.21 Å². The van der Waals surface area contributed by atoms with Crippen LogP contribution in [0.25, 0.3) is 0 Å². The molecule has 0 saturated carbocycles. The topological polar surface area (TPSA) is 68.6 Å². The number of rotatable bonds is 4. The number of hydrazone groups is 1. The smallest absolute Gasteiger partial charge is 0.242 e. The van der Waals surface area contributed by atoms with Gasteiger partial charge in [-0.05, 0) is 44.2 Å². The fourth-order valence-corrected chi connectivity index (χ4v) is 4.52. The van der Waals surface area contributed by atoms with Crippen LogP contribution in [-0.2, 0) is 16.1 Å². The summed E-state index contributed by atoms with van der Waals surface area (Å²) in [4.78, 5) is 16.7. The lowest BCUT2D eigenvalue weighted by atomic mass is 10.1. The molecule has 7 nitrogen and oxygen atoms in total. The third-order valence-electron chi connectivity index (χ3n) is 6.09. The van der Waals surface area contributed by atoms with Gasteiger partial charge < -0.3 is 19.6 Å². The maximum absolute atomic E-state index is 12.9. The van der Waals surface area contributed by atoms with Crippen molar-refractivity contribution >= 4 is 23.7 Å². The summed E-state index contributed by atoms with van der Waals surface area (Å²) in [5, 5.41) is 17.0. The van der Waals surface area contributed by atoms with Gasteiger partial charge in [-0.25, -0.2) is 5.01 Å². The molecule has 0 bridgehead atoms. The Hall–Kier alpha value is -2.09. The van der Waals surface area contributed by atoms with Gasteiger partial charge in [0.1, 0.15) is 6.23 Å². The Balaban J connectivity index is 1.46. The van der Waals surface area contributed by atoms with Gasteiger partial charge in [-0.1, -0.05) is 35.9 Å². The largest absolute Gasteiger partial charge is 0.367 e. The predicted octanol–water partition coefficient (Wildman–Crippen LogP) is 2.62. The van der Waals surface area contributed by atoms with Crippen molar-refractivity contribution in [1.29, 1.82) is 0 Å². The fourth-order valence-electron chi connectivity index (χ4n) is 4.26. The lowest BCUT2D eigenvalue weighted by Gasteiger charge is -2.44. The van der Waals surface area contributed by atoms with E-state index in [4.69, 9.17) is 16.3 Å². The summed E-state index contributed by atoms with van der Waals surface area (Å²) >= 11 is 6.55. The van der Waals surface area contributed by atoms with Crippen LogP contribution >= 0.6 is 11.6 Å². The molecule has 30 heavy (non-hydrogen) atoms. The number of piperazine rings is 1. The van der Waals surface area contributed by atoms with Crippen LogP contribution in [-0.4, -0.2) is 70.2 Å². The summed E-state index contributed by atoms with van der Waals surface area (Å²) in [6.45, 7) is 6.17. The molecule has 1 aromatic rings. The first-order chi connectivity index (χ1) is 14.5. The van der Waals surface area contributed by atoms with Crippen molar-refractivity contribution < 1.29 is 14.6 Å². The van der Waals surface area contributed by atoms with Crippen molar-refractivity contribution in [3.8, 4) is 0 Å². The highest BCUT2D eigenvalue weighted by Crippen LogP contribution is 2.30. The van der Waals surface area contributed by atoms with Crippen molar-refractivity contribution in [2.24, 2.45) is 5.10 Å². The number of hydrogen-bond donors (Lipinski definition) is 1. The molecule has 3 atom stereocenters. The molecular formula is C22H29ClN4O3. The summed E-state index contributed by atoms with van der Waals surface area (Å²) in [5.74, 6) is 0.0363. The predicted molar refractivity (Wildman–Crippen MR) is 116 cm³/mol. The first kappa shape index (κ1) is 21.2. The molecule has 1 amide bonds. The number of hydrogen-bond acceptors (Lipinski definition) is 6. The monoisotopic (exact) mass is 432 g/mol. The van der Waals surface area contributed by atoms with Crippen LogP contribution in [0.15, 0.2) is 40.1 Å². The Morgan fingerprint density at radius 3 is 2.83 bits per heavy atom. The summed E-state index contributed by atoms with van der Waals surface area (Å²) in [5.41, 5.74) is 2.94. The minimum absolute atomic E-state index is 0.0363. The zero-order valence-corrected chi connectivity index (χ0v) is 18.3. The minimum Gasteiger partial charge on any atom is -0.367 e. The number of nitrogens with zero attached hydrogens (tertiary/aromatic N) is 4. The number of aliphatic hydroxyl groups is 1. The van der Waals surface area contributed by atoms with E-state index in [0.29, 0.717) is 25.4 Å². The second kappa shape index (κ2) is 8.96. The molecule has 0 aliphatic carbocycles. The van der Waals surface area contributed by atoms with Crippen LogP contribution in [0.3, 0.4) is 0 Å². The Kier molecular flexibility index (Phi) is 6.32. The number of amides is 1. The molecule has 4 rings (SSSR count). The van der Waals surface area contributed by atoms with Crippen molar-refractivity contribution in [1.82, 2.24) is 14.8 Å². The Morgan fingerprint density at radius 2 is 2.10 bits per heavy atom. The number of carbonyl (C=O) groups is 1. The fraction of sp³-hybridized carbons (Fsp3) is 0.545. The van der Waals surface area contributed by atoms with Gasteiger partial charge in [0.25, 0.3) is 0 Å². The number of allylic oxidation sites excluding steroid dienone is 1. The molecule has 8 heteroatoms. The van der Waals surface area contributed by atoms with E-state index < -0.39 is 6.23 Å². The maximum Gasteiger partial charge on any atom is 0.242 e. The molecule has 3 heterocycles. The third-order valence-corrected chi connectivity index (χ3v) is 6.48. The summed E-state index contributed by atoms with van der Waals surface area (Å²) in [6.07, 6.45) is 3.17. The van der Waals surface area contributed by atoms with Gasteiger partial charge in [0, 0.05) is 25.7 Å². The van der Waals surface area contributed by atoms with Crippen LogP contribution < -0.4 is 0 Å². The van der Waals surface area contributed by atoms with Crippen LogP contribution in [0, 0.1) is 6.92 Å². The standard InChI is InChI=1S/C22H29ClN4O3/c1-15-7-3-4-8-17(15)13-25-12-16(2)26(14-19(25)28)18-11-24-27(22(29)21(18)23)20-9-5-6-10-30-20/h3-4,7-8,11,16,20,22,29H,5-6,9-10,12-14H2,1-2H3/t16-,20?,22?/m1/s1. The molecule has 2 unspecified atom stereocenters. The average molecular weight is 433 g/mol. The summed E-state index contributed by atoms with van der Waals surface area (Å²) in [7, 11) is 0. The molecule has 0 radical (unpaired) electrons. The van der Waals surface area contributed by atoms with Gasteiger partial charge in [0.15, 0.2) is 6.23 Å². The van der Waals surface area contributed by atoms with Crippen molar-refractivity contribution in [3.05, 3.63) is 46.1 Å². The van der Waals surface area contributed by atoms with Crippen molar-refractivity contribution in [3.63, 3.8) is 0 Å². The number of ether oxygens (including phenoxy) is 1. The van der Waals surface area contributed by atoms with Crippen molar-refractivity contribution in [2.75, 3.05) is 19.7 Å². The molecule has 2 fully saturated rings. The van der Waals surface area contributed by atoms with Crippen LogP contribution in [0.1, 0.15) is 37.3 Å². The highest BCUT2D eigenvalue weighted by atomic mass is 35.5. The van der Waals surface area contributed by atoms with E-state index in [1.807, 2.05) is 21.9 Å². The molecule has 3 aliphatic heterocycles. The minimum atomic E-state index is -1.07. The Bertz CT molecular complexity index is 853. The summed E-state index contributed by atoms with van der Waals surface area (Å²) < 4.78 is 5.73. The number of carbonyl (C=O) groups excluding carboxylic acids is 1. The van der Waals surface area contributed by atoms with E-state index >= 15 is 0 Å². The first-order valence-electron chi connectivity index (χ1n) is 10.6. The molecule has 1 N–H and O–H groups in total. The Morgan fingerprint density at radius 1 is 1.30 bits per heavy atom. The van der Waals surface area contributed by atoms with E-state index in [9.17, 15) is 9.90 Å². The van der Waals surface area contributed by atoms with Crippen LogP contribution in [0.2, 0.25) is 0 Å². The van der Waals surface area contributed by atoms with Crippen molar-refractivity contribution in [2.45, 2.75) is 58.2 Å². The second-order valence-electron chi connectivity index (χ2n) is 8.23. The normalized spacial score (nSPS) is 27.8. The number of aliphatic hydroxyl groups excluding tert-OH is 1. The quantitative estimate of drug-likeness (QED) is 0.792. The number of aryl methyl sites for hydroxylation is 1. The van der Waals surface area contributed by atoms with E-state index in [-0.39, 0.29) is 29.8 Å². The Labute approximate surface area is 182 Å². The molecule has 3 aliphatic rings. The van der Waals surface area contributed by atoms with E-state index in [1.165, 1.54) is 10.6 Å². The number of benzene rings is 1. The SMILES string of the molecule is Cc1ccccc1CN1C[C@@H](C)N(C2=C(Cl)C(O)N(C3CCCCO3)N=C2)CC1=O. The zero-order valence-electron chi connectivity index (χ0n) is 17.5. The van der Waals surface area contributed by atoms with Gasteiger partial charge in [-0.2, -0.15) is 5.10 Å². The number of halogens is 1. The van der Waals surface area contributed by atoms with Gasteiger partial charge in [-0.3, -0.25) is 4.79 Å². The summed E-state index contributed by atoms with van der Waals surface area (Å²) in [6, 6.07) is 8.17. The lowest BCUT2D eigenvalue weighted by molar-refractivity contribution is -0.140. The second-order valence-corrected chi connectivity index (χ2v) is 8.64. The average Bonchev–Trinajstić information content (AvgIpc) is 2.75. The molecule has 0 aromatic heterocycles. The lowest BCUT2D eigenvalue weighted by Crippen LogP contribution is -2.55. The van der Waals surface area contributed by atoms with Crippen LogP contribution in [0.5, 0.6) is 0 Å². The van der Waals surface area contributed by atoms with Gasteiger partial charge in [-0.15, -0.1) is 0 Å². The molecular weight excluding hydrogens is 404 g/mol. The van der Waals surface area contributed by atoms with Gasteiger partial charge >= 0.3 is 0 Å². The molecule has 2 saturated heterocycles. The molecule has 162 valence electrons. The van der Waals surface area contributed by atoms with Gasteiger partial charge in [0.2, 0.25) is 5.91 Å². The molecule has 0 spiro atoms. The van der Waals surface area contributed by atoms with Crippen LogP contribution in [0.4, 0.5) is 0 Å². The maximum atomic E-state index is 12.9. The first-order valence-corrected chi connectivity index (χ1v) is 10.9. The van der Waals surface area contributed by atoms with Gasteiger partial charge in [0.05, 0.1) is 23.5 Å². The molecule has 1 aromatic carbocycles. The zero-order chi connectivity index (χ0) is 21.3. The third kappa shape index (κ3) is 4.19. The van der Waals surface area contributed by atoms with E-state index in [0.717, 1.165) is 24.8 Å². The highest BCUT2D eigenvalue weighted by molar-refractivity contribution is 6.32.